The standard InChI is InChI=1S/C17H14O2/c18-17(16-7-4-12-19-16)15-10-8-14(9-11-15)13-5-2-1-3-6-13/h1-12,17-18H/t17-/m1/s1. The number of hydrogen-bond acceptors (Lipinski definition) is 2. The lowest BCUT2D eigenvalue weighted by atomic mass is 10.0. The summed E-state index contributed by atoms with van der Waals surface area (Å²) in [7, 11) is 0. The molecule has 1 atom stereocenters. The zero-order chi connectivity index (χ0) is 13.1. The van der Waals surface area contributed by atoms with Crippen LogP contribution < -0.4 is 0 Å². The van der Waals surface area contributed by atoms with Gasteiger partial charge in [0.05, 0.1) is 6.26 Å². The number of aliphatic hydroxyl groups is 1. The maximum absolute atomic E-state index is 10.1. The molecular weight excluding hydrogens is 236 g/mol. The summed E-state index contributed by atoms with van der Waals surface area (Å²) in [6.45, 7) is 0. The summed E-state index contributed by atoms with van der Waals surface area (Å²) in [5.41, 5.74) is 3.13. The molecule has 0 saturated heterocycles. The van der Waals surface area contributed by atoms with E-state index in [0.29, 0.717) is 5.76 Å². The number of hydrogen-bond donors (Lipinski definition) is 1. The zero-order valence-electron chi connectivity index (χ0n) is 10.4. The van der Waals surface area contributed by atoms with Crippen molar-refractivity contribution in [1.82, 2.24) is 0 Å². The fraction of sp³-hybridized carbons (Fsp3) is 0.0588. The summed E-state index contributed by atoms with van der Waals surface area (Å²) >= 11 is 0. The Morgan fingerprint density at radius 2 is 1.42 bits per heavy atom. The minimum atomic E-state index is -0.708. The summed E-state index contributed by atoms with van der Waals surface area (Å²) in [6, 6.07) is 21.6. The second-order valence-corrected chi connectivity index (χ2v) is 4.41. The normalized spacial score (nSPS) is 12.3. The summed E-state index contributed by atoms with van der Waals surface area (Å²) in [6.07, 6.45) is 0.858. The predicted octanol–water partition coefficient (Wildman–Crippen LogP) is 4.03. The van der Waals surface area contributed by atoms with Crippen LogP contribution in [0.3, 0.4) is 0 Å². The molecule has 2 heteroatoms. The summed E-state index contributed by atoms with van der Waals surface area (Å²) in [5.74, 6) is 0.562. The van der Waals surface area contributed by atoms with Crippen LogP contribution in [0.2, 0.25) is 0 Å². The molecule has 1 aromatic heterocycles. The van der Waals surface area contributed by atoms with Crippen molar-refractivity contribution in [3.05, 3.63) is 84.3 Å². The van der Waals surface area contributed by atoms with Crippen molar-refractivity contribution in [3.8, 4) is 11.1 Å². The first-order valence-corrected chi connectivity index (χ1v) is 6.21. The van der Waals surface area contributed by atoms with Crippen molar-refractivity contribution in [2.24, 2.45) is 0 Å². The van der Waals surface area contributed by atoms with E-state index in [-0.39, 0.29) is 0 Å². The minimum Gasteiger partial charge on any atom is -0.466 e. The van der Waals surface area contributed by atoms with E-state index >= 15 is 0 Å². The fourth-order valence-corrected chi connectivity index (χ4v) is 2.10. The van der Waals surface area contributed by atoms with Gasteiger partial charge in [-0.05, 0) is 28.8 Å². The van der Waals surface area contributed by atoms with Gasteiger partial charge in [-0.3, -0.25) is 0 Å². The quantitative estimate of drug-likeness (QED) is 0.761. The molecule has 0 fully saturated rings. The van der Waals surface area contributed by atoms with Crippen molar-refractivity contribution in [1.29, 1.82) is 0 Å². The Balaban J connectivity index is 1.87. The lowest BCUT2D eigenvalue weighted by molar-refractivity contribution is 0.189. The molecule has 1 N–H and O–H groups in total. The van der Waals surface area contributed by atoms with E-state index < -0.39 is 6.10 Å². The average molecular weight is 250 g/mol. The molecular formula is C17H14O2. The van der Waals surface area contributed by atoms with Crippen LogP contribution in [0.1, 0.15) is 17.4 Å². The fourth-order valence-electron chi connectivity index (χ4n) is 2.10. The topological polar surface area (TPSA) is 33.4 Å². The molecule has 0 radical (unpaired) electrons. The van der Waals surface area contributed by atoms with Crippen LogP contribution in [0.5, 0.6) is 0 Å². The van der Waals surface area contributed by atoms with Gasteiger partial charge in [-0.2, -0.15) is 0 Å². The molecule has 19 heavy (non-hydrogen) atoms. The second-order valence-electron chi connectivity index (χ2n) is 4.41. The maximum Gasteiger partial charge on any atom is 0.137 e. The SMILES string of the molecule is O[C@H](c1ccc(-c2ccccc2)cc1)c1ccco1. The molecule has 3 aromatic rings. The van der Waals surface area contributed by atoms with Crippen LogP contribution in [0.4, 0.5) is 0 Å². The van der Waals surface area contributed by atoms with E-state index in [4.69, 9.17) is 4.42 Å². The Morgan fingerprint density at radius 1 is 0.737 bits per heavy atom. The van der Waals surface area contributed by atoms with E-state index in [2.05, 4.69) is 12.1 Å². The number of benzene rings is 2. The highest BCUT2D eigenvalue weighted by Crippen LogP contribution is 2.25. The van der Waals surface area contributed by atoms with Crippen molar-refractivity contribution >= 4 is 0 Å². The highest BCUT2D eigenvalue weighted by Gasteiger charge is 2.12. The summed E-state index contributed by atoms with van der Waals surface area (Å²) in [4.78, 5) is 0. The van der Waals surface area contributed by atoms with E-state index in [1.807, 2.05) is 42.5 Å². The predicted molar refractivity (Wildman–Crippen MR) is 74.6 cm³/mol. The number of furan rings is 1. The summed E-state index contributed by atoms with van der Waals surface area (Å²) < 4.78 is 5.21. The van der Waals surface area contributed by atoms with Gasteiger partial charge in [0.15, 0.2) is 0 Å². The first-order chi connectivity index (χ1) is 9.34. The van der Waals surface area contributed by atoms with Gasteiger partial charge in [0.1, 0.15) is 11.9 Å². The molecule has 0 aliphatic carbocycles. The minimum absolute atomic E-state index is 0.562. The number of aliphatic hydroxyl groups excluding tert-OH is 1. The zero-order valence-corrected chi connectivity index (χ0v) is 10.4. The van der Waals surface area contributed by atoms with Crippen LogP contribution in [0.15, 0.2) is 77.4 Å². The van der Waals surface area contributed by atoms with Crippen LogP contribution in [0.25, 0.3) is 11.1 Å². The van der Waals surface area contributed by atoms with Gasteiger partial charge in [0, 0.05) is 0 Å². The van der Waals surface area contributed by atoms with Gasteiger partial charge in [-0.1, -0.05) is 54.6 Å². The molecule has 94 valence electrons. The molecule has 3 rings (SSSR count). The Labute approximate surface area is 111 Å². The Hall–Kier alpha value is -2.32. The van der Waals surface area contributed by atoms with Gasteiger partial charge in [-0.15, -0.1) is 0 Å². The average Bonchev–Trinajstić information content (AvgIpc) is 3.02. The van der Waals surface area contributed by atoms with E-state index in [1.165, 1.54) is 5.56 Å². The molecule has 2 aromatic carbocycles. The van der Waals surface area contributed by atoms with Crippen molar-refractivity contribution < 1.29 is 9.52 Å². The maximum atomic E-state index is 10.1. The highest BCUT2D eigenvalue weighted by molar-refractivity contribution is 5.63. The Morgan fingerprint density at radius 3 is 2.05 bits per heavy atom. The molecule has 0 aliphatic heterocycles. The molecule has 1 heterocycles. The van der Waals surface area contributed by atoms with Crippen LogP contribution >= 0.6 is 0 Å². The molecule has 0 bridgehead atoms. The van der Waals surface area contributed by atoms with Crippen molar-refractivity contribution in [2.45, 2.75) is 6.10 Å². The second kappa shape index (κ2) is 5.12. The third-order valence-corrected chi connectivity index (χ3v) is 3.15. The Kier molecular flexibility index (Phi) is 3.17. The lowest BCUT2D eigenvalue weighted by Crippen LogP contribution is -1.97. The van der Waals surface area contributed by atoms with Crippen molar-refractivity contribution in [3.63, 3.8) is 0 Å². The monoisotopic (exact) mass is 250 g/mol. The summed E-state index contributed by atoms with van der Waals surface area (Å²) in [5, 5.41) is 10.1. The van der Waals surface area contributed by atoms with Crippen LogP contribution in [0, 0.1) is 0 Å². The first kappa shape index (κ1) is 11.8. The molecule has 0 saturated carbocycles. The van der Waals surface area contributed by atoms with Crippen LogP contribution in [-0.4, -0.2) is 5.11 Å². The van der Waals surface area contributed by atoms with E-state index in [0.717, 1.165) is 11.1 Å². The molecule has 0 aliphatic rings. The molecule has 0 amide bonds. The van der Waals surface area contributed by atoms with E-state index in [1.54, 1.807) is 18.4 Å². The number of rotatable bonds is 3. The third kappa shape index (κ3) is 2.44. The molecule has 0 spiro atoms. The molecule has 2 nitrogen and oxygen atoms in total. The van der Waals surface area contributed by atoms with Gasteiger partial charge in [0.2, 0.25) is 0 Å². The van der Waals surface area contributed by atoms with Gasteiger partial charge in [0.25, 0.3) is 0 Å². The van der Waals surface area contributed by atoms with Crippen LogP contribution in [-0.2, 0) is 0 Å². The van der Waals surface area contributed by atoms with Gasteiger partial charge < -0.3 is 9.52 Å². The molecule has 0 unspecified atom stereocenters. The third-order valence-electron chi connectivity index (χ3n) is 3.15. The smallest absolute Gasteiger partial charge is 0.137 e. The lowest BCUT2D eigenvalue weighted by Gasteiger charge is -2.09. The van der Waals surface area contributed by atoms with Crippen molar-refractivity contribution in [2.75, 3.05) is 0 Å². The largest absolute Gasteiger partial charge is 0.466 e. The first-order valence-electron chi connectivity index (χ1n) is 6.21. The highest BCUT2D eigenvalue weighted by atomic mass is 16.4. The van der Waals surface area contributed by atoms with Gasteiger partial charge in [-0.25, -0.2) is 0 Å². The van der Waals surface area contributed by atoms with E-state index in [9.17, 15) is 5.11 Å². The Bertz CT molecular complexity index is 625. The van der Waals surface area contributed by atoms with Gasteiger partial charge >= 0.3 is 0 Å².